The zero-order valence-electron chi connectivity index (χ0n) is 17.5. The summed E-state index contributed by atoms with van der Waals surface area (Å²) >= 11 is 0. The molecule has 2 heterocycles. The predicted octanol–water partition coefficient (Wildman–Crippen LogP) is 4.99. The lowest BCUT2D eigenvalue weighted by molar-refractivity contribution is 0.0592. The zero-order chi connectivity index (χ0) is 22.1. The maximum atomic E-state index is 14.0. The summed E-state index contributed by atoms with van der Waals surface area (Å²) in [6.07, 6.45) is 0. The van der Waals surface area contributed by atoms with Gasteiger partial charge in [-0.25, -0.2) is 8.78 Å². The van der Waals surface area contributed by atoms with Gasteiger partial charge in [0.05, 0.1) is 11.6 Å². The molecule has 1 amide bonds. The van der Waals surface area contributed by atoms with E-state index in [1.165, 1.54) is 23.3 Å². The number of fused-ring (bicyclic) bond motifs is 1. The third-order valence-electron chi connectivity index (χ3n) is 6.08. The molecule has 162 valence electrons. The van der Waals surface area contributed by atoms with E-state index >= 15 is 0 Å². The van der Waals surface area contributed by atoms with Gasteiger partial charge in [-0.1, -0.05) is 60.7 Å². The van der Waals surface area contributed by atoms with Gasteiger partial charge in [-0.3, -0.25) is 9.69 Å². The molecule has 1 fully saturated rings. The normalized spacial score (nSPS) is 14.9. The van der Waals surface area contributed by atoms with Crippen LogP contribution in [0.25, 0.3) is 10.9 Å². The Labute approximate surface area is 185 Å². The van der Waals surface area contributed by atoms with E-state index in [0.29, 0.717) is 26.2 Å². The van der Waals surface area contributed by atoms with Crippen LogP contribution in [0.3, 0.4) is 0 Å². The summed E-state index contributed by atoms with van der Waals surface area (Å²) < 4.78 is 27.5. The summed E-state index contributed by atoms with van der Waals surface area (Å²) in [4.78, 5) is 20.1. The highest BCUT2D eigenvalue weighted by Gasteiger charge is 2.29. The average Bonchev–Trinajstić information content (AvgIpc) is 3.25. The largest absolute Gasteiger partial charge is 0.350 e. The van der Waals surface area contributed by atoms with E-state index in [2.05, 4.69) is 34.1 Å². The Morgan fingerprint density at radius 3 is 2.00 bits per heavy atom. The van der Waals surface area contributed by atoms with Gasteiger partial charge in [-0.15, -0.1) is 0 Å². The van der Waals surface area contributed by atoms with Gasteiger partial charge in [0.2, 0.25) is 0 Å². The maximum Gasteiger partial charge on any atom is 0.270 e. The topological polar surface area (TPSA) is 39.3 Å². The van der Waals surface area contributed by atoms with Gasteiger partial charge in [-0.05, 0) is 23.3 Å². The van der Waals surface area contributed by atoms with Crippen LogP contribution in [-0.2, 0) is 0 Å². The molecule has 0 atom stereocenters. The Morgan fingerprint density at radius 1 is 0.812 bits per heavy atom. The van der Waals surface area contributed by atoms with Crippen LogP contribution in [0.4, 0.5) is 8.78 Å². The van der Waals surface area contributed by atoms with Crippen LogP contribution in [0.1, 0.15) is 27.7 Å². The lowest BCUT2D eigenvalue weighted by Crippen LogP contribution is -2.50. The van der Waals surface area contributed by atoms with Crippen LogP contribution in [0.5, 0.6) is 0 Å². The van der Waals surface area contributed by atoms with Crippen molar-refractivity contribution in [3.05, 3.63) is 107 Å². The van der Waals surface area contributed by atoms with Gasteiger partial charge < -0.3 is 9.88 Å². The molecule has 1 aromatic heterocycles. The van der Waals surface area contributed by atoms with Crippen LogP contribution < -0.4 is 0 Å². The van der Waals surface area contributed by atoms with Crippen molar-refractivity contribution in [3.8, 4) is 0 Å². The number of hydrogen-bond donors (Lipinski definition) is 1. The number of H-pyrrole nitrogens is 1. The number of hydrogen-bond acceptors (Lipinski definition) is 2. The number of carbonyl (C=O) groups excluding carboxylic acids is 1. The molecule has 4 aromatic rings. The van der Waals surface area contributed by atoms with Crippen LogP contribution in [0, 0.1) is 11.6 Å². The summed E-state index contributed by atoms with van der Waals surface area (Å²) in [5.74, 6) is -1.54. The highest BCUT2D eigenvalue weighted by atomic mass is 19.1. The second-order valence-electron chi connectivity index (χ2n) is 8.08. The molecule has 0 bridgehead atoms. The van der Waals surface area contributed by atoms with Crippen molar-refractivity contribution in [1.29, 1.82) is 0 Å². The van der Waals surface area contributed by atoms with Gasteiger partial charge >= 0.3 is 0 Å². The molecule has 1 aliphatic heterocycles. The monoisotopic (exact) mass is 431 g/mol. The number of aromatic amines is 1. The Bertz CT molecular complexity index is 1190. The van der Waals surface area contributed by atoms with Crippen molar-refractivity contribution in [3.63, 3.8) is 0 Å². The van der Waals surface area contributed by atoms with Crippen LogP contribution >= 0.6 is 0 Å². The van der Waals surface area contributed by atoms with Crippen LogP contribution in [0.2, 0.25) is 0 Å². The first-order chi connectivity index (χ1) is 15.6. The third kappa shape index (κ3) is 3.89. The Morgan fingerprint density at radius 2 is 1.41 bits per heavy atom. The summed E-state index contributed by atoms with van der Waals surface area (Å²) in [5, 5.41) is 0.224. The number of amides is 1. The molecule has 1 aliphatic rings. The van der Waals surface area contributed by atoms with Gasteiger partial charge in [-0.2, -0.15) is 0 Å². The van der Waals surface area contributed by atoms with E-state index < -0.39 is 11.6 Å². The van der Waals surface area contributed by atoms with Crippen molar-refractivity contribution >= 4 is 16.8 Å². The summed E-state index contributed by atoms with van der Waals surface area (Å²) in [6.45, 7) is 2.54. The number of aromatic nitrogens is 1. The van der Waals surface area contributed by atoms with Crippen molar-refractivity contribution < 1.29 is 13.6 Å². The average molecular weight is 431 g/mol. The minimum atomic E-state index is -0.673. The predicted molar refractivity (Wildman–Crippen MR) is 120 cm³/mol. The highest BCUT2D eigenvalue weighted by Crippen LogP contribution is 2.30. The Kier molecular flexibility index (Phi) is 5.45. The second-order valence-corrected chi connectivity index (χ2v) is 8.08. The summed E-state index contributed by atoms with van der Waals surface area (Å²) in [5.41, 5.74) is 3.00. The molecule has 3 aromatic carbocycles. The molecular weight excluding hydrogens is 408 g/mol. The van der Waals surface area contributed by atoms with E-state index in [1.54, 1.807) is 4.90 Å². The quantitative estimate of drug-likeness (QED) is 0.494. The van der Waals surface area contributed by atoms with Gasteiger partial charge in [0.25, 0.3) is 5.91 Å². The second kappa shape index (κ2) is 8.55. The zero-order valence-corrected chi connectivity index (χ0v) is 17.5. The van der Waals surface area contributed by atoms with Crippen LogP contribution in [-0.4, -0.2) is 46.9 Å². The molecule has 0 radical (unpaired) electrons. The summed E-state index contributed by atoms with van der Waals surface area (Å²) in [6, 6.07) is 24.3. The SMILES string of the molecule is O=C(c1cc2c(F)cc(F)cc2[nH]1)N1CCN(C(c2ccccc2)c2ccccc2)CC1. The molecule has 6 heteroatoms. The number of carbonyl (C=O) groups is 1. The lowest BCUT2D eigenvalue weighted by atomic mass is 9.96. The van der Waals surface area contributed by atoms with Crippen LogP contribution in [0.15, 0.2) is 78.9 Å². The molecule has 0 aliphatic carbocycles. The molecule has 0 unspecified atom stereocenters. The fourth-order valence-corrected chi connectivity index (χ4v) is 4.51. The first kappa shape index (κ1) is 20.4. The molecule has 1 N–H and O–H groups in total. The minimum absolute atomic E-state index is 0.111. The number of nitrogens with zero attached hydrogens (tertiary/aromatic N) is 2. The van der Waals surface area contributed by atoms with Crippen molar-refractivity contribution in [2.75, 3.05) is 26.2 Å². The van der Waals surface area contributed by atoms with E-state index in [1.807, 2.05) is 36.4 Å². The first-order valence-corrected chi connectivity index (χ1v) is 10.7. The number of benzene rings is 3. The Balaban J connectivity index is 1.35. The standard InChI is InChI=1S/C26H23F2N3O/c27-20-15-22(28)21-17-24(29-23(21)16-20)26(32)31-13-11-30(12-14-31)25(18-7-3-1-4-8-18)19-9-5-2-6-10-19/h1-10,15-17,25,29H,11-14H2. The molecule has 32 heavy (non-hydrogen) atoms. The molecule has 1 saturated heterocycles. The van der Waals surface area contributed by atoms with E-state index in [9.17, 15) is 13.6 Å². The molecule has 4 nitrogen and oxygen atoms in total. The summed E-state index contributed by atoms with van der Waals surface area (Å²) in [7, 11) is 0. The van der Waals surface area contributed by atoms with E-state index in [4.69, 9.17) is 0 Å². The van der Waals surface area contributed by atoms with Crippen molar-refractivity contribution in [2.24, 2.45) is 0 Å². The third-order valence-corrected chi connectivity index (χ3v) is 6.08. The van der Waals surface area contributed by atoms with E-state index in [0.717, 1.165) is 6.07 Å². The van der Waals surface area contributed by atoms with Gasteiger partial charge in [0.15, 0.2) is 0 Å². The minimum Gasteiger partial charge on any atom is -0.350 e. The molecule has 0 spiro atoms. The Hall–Kier alpha value is -3.51. The maximum absolute atomic E-state index is 14.0. The van der Waals surface area contributed by atoms with Crippen molar-refractivity contribution in [1.82, 2.24) is 14.8 Å². The highest BCUT2D eigenvalue weighted by molar-refractivity contribution is 5.98. The molecular formula is C26H23F2N3O. The molecule has 0 saturated carbocycles. The number of piperazine rings is 1. The van der Waals surface area contributed by atoms with E-state index in [-0.39, 0.29) is 28.5 Å². The first-order valence-electron chi connectivity index (χ1n) is 10.7. The number of rotatable bonds is 4. The number of nitrogens with one attached hydrogen (secondary N) is 1. The fraction of sp³-hybridized carbons (Fsp3) is 0.192. The smallest absolute Gasteiger partial charge is 0.270 e. The molecule has 5 rings (SSSR count). The van der Waals surface area contributed by atoms with Gasteiger partial charge in [0.1, 0.15) is 17.3 Å². The lowest BCUT2D eigenvalue weighted by Gasteiger charge is -2.39. The van der Waals surface area contributed by atoms with Gasteiger partial charge in [0, 0.05) is 37.6 Å². The van der Waals surface area contributed by atoms with Crippen molar-refractivity contribution in [2.45, 2.75) is 6.04 Å². The fourth-order valence-electron chi connectivity index (χ4n) is 4.51. The number of halogens is 2.